The van der Waals surface area contributed by atoms with Gasteiger partial charge in [-0.3, -0.25) is 10.1 Å². The zero-order valence-corrected chi connectivity index (χ0v) is 14.2. The number of nitrogens with one attached hydrogen (secondary N) is 1. The van der Waals surface area contributed by atoms with Gasteiger partial charge in [0.15, 0.2) is 0 Å². The van der Waals surface area contributed by atoms with E-state index < -0.39 is 4.92 Å². The van der Waals surface area contributed by atoms with E-state index in [2.05, 4.69) is 15.3 Å². The van der Waals surface area contributed by atoms with Crippen molar-refractivity contribution in [2.75, 3.05) is 17.3 Å². The van der Waals surface area contributed by atoms with Gasteiger partial charge in [0, 0.05) is 18.1 Å². The maximum absolute atomic E-state index is 11.2. The fourth-order valence-corrected chi connectivity index (χ4v) is 2.46. The first-order valence-electron chi connectivity index (χ1n) is 7.72. The minimum Gasteiger partial charge on any atom is -0.361 e. The molecule has 0 aliphatic heterocycles. The number of nitrogens with zero attached hydrogens (tertiary/aromatic N) is 4. The van der Waals surface area contributed by atoms with Gasteiger partial charge in [0.25, 0.3) is 0 Å². The monoisotopic (exact) mass is 347 g/mol. The Morgan fingerprint density at radius 1 is 1.38 bits per heavy atom. The number of halogens is 1. The molecule has 1 aliphatic rings. The highest BCUT2D eigenvalue weighted by Gasteiger charge is 2.27. The Morgan fingerprint density at radius 3 is 2.62 bits per heavy atom. The van der Waals surface area contributed by atoms with Crippen LogP contribution in [0.5, 0.6) is 0 Å². The lowest BCUT2D eigenvalue weighted by Gasteiger charge is -2.25. The van der Waals surface area contributed by atoms with E-state index >= 15 is 0 Å². The second kappa shape index (κ2) is 6.60. The van der Waals surface area contributed by atoms with Crippen molar-refractivity contribution in [1.29, 1.82) is 0 Å². The van der Waals surface area contributed by atoms with Crippen LogP contribution in [-0.2, 0) is 0 Å². The Labute approximate surface area is 144 Å². The van der Waals surface area contributed by atoms with Crippen LogP contribution in [0.15, 0.2) is 30.5 Å². The molecule has 1 aromatic heterocycles. The Morgan fingerprint density at radius 2 is 2.04 bits per heavy atom. The SMILES string of the molecule is CC(c1ccc(Cl)cc1)N(C)c1ncc([N+](=O)[O-])c(NC2CC2)n1. The molecule has 0 bridgehead atoms. The van der Waals surface area contributed by atoms with E-state index in [0.29, 0.717) is 11.0 Å². The molecule has 0 spiro atoms. The summed E-state index contributed by atoms with van der Waals surface area (Å²) in [6, 6.07) is 7.81. The van der Waals surface area contributed by atoms with Gasteiger partial charge in [-0.1, -0.05) is 23.7 Å². The summed E-state index contributed by atoms with van der Waals surface area (Å²) >= 11 is 5.92. The van der Waals surface area contributed by atoms with Gasteiger partial charge in [-0.2, -0.15) is 4.98 Å². The lowest BCUT2D eigenvalue weighted by atomic mass is 10.1. The van der Waals surface area contributed by atoms with Crippen molar-refractivity contribution in [3.05, 3.63) is 51.2 Å². The molecule has 1 aromatic carbocycles. The molecule has 8 heteroatoms. The molecule has 24 heavy (non-hydrogen) atoms. The molecular formula is C16H18ClN5O2. The molecule has 1 heterocycles. The molecule has 0 amide bonds. The molecular weight excluding hydrogens is 330 g/mol. The second-order valence-electron chi connectivity index (χ2n) is 5.92. The van der Waals surface area contributed by atoms with Crippen LogP contribution in [-0.4, -0.2) is 28.0 Å². The van der Waals surface area contributed by atoms with Crippen molar-refractivity contribution in [1.82, 2.24) is 9.97 Å². The average molecular weight is 348 g/mol. The summed E-state index contributed by atoms with van der Waals surface area (Å²) < 4.78 is 0. The Kier molecular flexibility index (Phi) is 4.53. The number of anilines is 2. The van der Waals surface area contributed by atoms with Gasteiger partial charge in [0.1, 0.15) is 6.20 Å². The highest BCUT2D eigenvalue weighted by molar-refractivity contribution is 6.30. The van der Waals surface area contributed by atoms with Crippen LogP contribution in [0.25, 0.3) is 0 Å². The summed E-state index contributed by atoms with van der Waals surface area (Å²) in [4.78, 5) is 21.1. The standard InChI is InChI=1S/C16H18ClN5O2/c1-10(11-3-5-12(17)6-4-11)21(2)16-18-9-14(22(23)24)15(20-16)19-13-7-8-13/h3-6,9-10,13H,7-8H2,1-2H3,(H,18,19,20). The quantitative estimate of drug-likeness (QED) is 0.631. The highest BCUT2D eigenvalue weighted by Crippen LogP contribution is 2.31. The van der Waals surface area contributed by atoms with Gasteiger partial charge in [-0.05, 0) is 37.5 Å². The number of rotatable bonds is 6. The maximum Gasteiger partial charge on any atom is 0.329 e. The van der Waals surface area contributed by atoms with E-state index in [9.17, 15) is 10.1 Å². The van der Waals surface area contributed by atoms with Gasteiger partial charge in [-0.25, -0.2) is 4.98 Å². The summed E-state index contributed by atoms with van der Waals surface area (Å²) in [5.41, 5.74) is 0.957. The first kappa shape index (κ1) is 16.4. The molecule has 1 N–H and O–H groups in total. The number of hydrogen-bond acceptors (Lipinski definition) is 6. The smallest absolute Gasteiger partial charge is 0.329 e. The molecule has 1 saturated carbocycles. The fraction of sp³-hybridized carbons (Fsp3) is 0.375. The first-order valence-corrected chi connectivity index (χ1v) is 8.09. The Hall–Kier alpha value is -2.41. The minimum atomic E-state index is -0.461. The topological polar surface area (TPSA) is 84.2 Å². The van der Waals surface area contributed by atoms with Crippen LogP contribution in [0, 0.1) is 10.1 Å². The van der Waals surface area contributed by atoms with Crippen LogP contribution >= 0.6 is 11.6 Å². The Bertz CT molecular complexity index is 749. The molecule has 126 valence electrons. The van der Waals surface area contributed by atoms with E-state index in [-0.39, 0.29) is 23.6 Å². The summed E-state index contributed by atoms with van der Waals surface area (Å²) in [5, 5.41) is 14.9. The molecule has 2 aromatic rings. The normalized spacial score (nSPS) is 15.0. The third kappa shape index (κ3) is 3.56. The van der Waals surface area contributed by atoms with Crippen LogP contribution in [0.3, 0.4) is 0 Å². The van der Waals surface area contributed by atoms with Crippen molar-refractivity contribution in [3.8, 4) is 0 Å². The van der Waals surface area contributed by atoms with Gasteiger partial charge >= 0.3 is 5.69 Å². The second-order valence-corrected chi connectivity index (χ2v) is 6.35. The van der Waals surface area contributed by atoms with Crippen LogP contribution in [0.2, 0.25) is 5.02 Å². The summed E-state index contributed by atoms with van der Waals surface area (Å²) in [5.74, 6) is 0.717. The maximum atomic E-state index is 11.2. The van der Waals surface area contributed by atoms with Crippen molar-refractivity contribution in [3.63, 3.8) is 0 Å². The molecule has 0 radical (unpaired) electrons. The highest BCUT2D eigenvalue weighted by atomic mass is 35.5. The van der Waals surface area contributed by atoms with E-state index in [4.69, 9.17) is 11.6 Å². The van der Waals surface area contributed by atoms with Gasteiger partial charge in [0.05, 0.1) is 11.0 Å². The van der Waals surface area contributed by atoms with Gasteiger partial charge in [-0.15, -0.1) is 0 Å². The number of nitro groups is 1. The molecule has 1 atom stereocenters. The van der Waals surface area contributed by atoms with Crippen molar-refractivity contribution in [2.45, 2.75) is 31.8 Å². The predicted molar refractivity (Wildman–Crippen MR) is 93.6 cm³/mol. The lowest BCUT2D eigenvalue weighted by molar-refractivity contribution is -0.384. The number of benzene rings is 1. The summed E-state index contributed by atoms with van der Waals surface area (Å²) in [7, 11) is 1.86. The van der Waals surface area contributed by atoms with Crippen LogP contribution in [0.4, 0.5) is 17.5 Å². The minimum absolute atomic E-state index is 0.00232. The third-order valence-electron chi connectivity index (χ3n) is 4.12. The zero-order chi connectivity index (χ0) is 17.3. The Balaban J connectivity index is 1.86. The van der Waals surface area contributed by atoms with E-state index in [0.717, 1.165) is 18.4 Å². The molecule has 7 nitrogen and oxygen atoms in total. The van der Waals surface area contributed by atoms with Crippen LogP contribution < -0.4 is 10.2 Å². The average Bonchev–Trinajstić information content (AvgIpc) is 3.38. The summed E-state index contributed by atoms with van der Waals surface area (Å²) in [6.45, 7) is 2.02. The predicted octanol–water partition coefficient (Wildman–Crippen LogP) is 3.81. The molecule has 0 saturated heterocycles. The zero-order valence-electron chi connectivity index (χ0n) is 13.4. The number of aromatic nitrogens is 2. The number of hydrogen-bond donors (Lipinski definition) is 1. The summed E-state index contributed by atoms with van der Waals surface area (Å²) in [6.07, 6.45) is 3.28. The molecule has 1 fully saturated rings. The van der Waals surface area contributed by atoms with Gasteiger partial charge in [0.2, 0.25) is 11.8 Å². The largest absolute Gasteiger partial charge is 0.361 e. The molecule has 1 aliphatic carbocycles. The van der Waals surface area contributed by atoms with E-state index in [1.807, 2.05) is 43.1 Å². The van der Waals surface area contributed by atoms with Crippen molar-refractivity contribution < 1.29 is 4.92 Å². The van der Waals surface area contributed by atoms with Crippen molar-refractivity contribution >= 4 is 29.1 Å². The van der Waals surface area contributed by atoms with Gasteiger partial charge < -0.3 is 10.2 Å². The first-order chi connectivity index (χ1) is 11.5. The van der Waals surface area contributed by atoms with Crippen molar-refractivity contribution in [2.24, 2.45) is 0 Å². The molecule has 3 rings (SSSR count). The fourth-order valence-electron chi connectivity index (χ4n) is 2.34. The van der Waals surface area contributed by atoms with Crippen LogP contribution in [0.1, 0.15) is 31.4 Å². The lowest BCUT2D eigenvalue weighted by Crippen LogP contribution is -2.24. The molecule has 1 unspecified atom stereocenters. The van der Waals surface area contributed by atoms with E-state index in [1.165, 1.54) is 6.20 Å². The van der Waals surface area contributed by atoms with E-state index in [1.54, 1.807) is 0 Å². The third-order valence-corrected chi connectivity index (χ3v) is 4.37.